The monoisotopic (exact) mass is 653 g/mol. The van der Waals surface area contributed by atoms with Gasteiger partial charge in [-0.25, -0.2) is 0 Å². The number of allylic oxidation sites excluding steroid dienone is 1. The van der Waals surface area contributed by atoms with Gasteiger partial charge < -0.3 is 0 Å². The fourth-order valence-electron chi connectivity index (χ4n) is 3.24. The Kier molecular flexibility index (Phi) is 4.10. The molecule has 0 aliphatic carbocycles. The van der Waals surface area contributed by atoms with Crippen LogP contribution < -0.4 is 5.73 Å². The predicted octanol–water partition coefficient (Wildman–Crippen LogP) is 2.64. The third-order valence-electron chi connectivity index (χ3n) is 4.37. The number of aromatic nitrogens is 1. The summed E-state index contributed by atoms with van der Waals surface area (Å²) in [6.07, 6.45) is 2.27. The van der Waals surface area contributed by atoms with E-state index in [1.54, 1.807) is 0 Å². The molecule has 5 heteroatoms. The molecule has 0 saturated carbocycles. The van der Waals surface area contributed by atoms with Crippen LogP contribution >= 0.6 is 0 Å². The molecule has 0 saturated heterocycles. The standard InChI is InChI=1S/C19H15N3.2W/c1-13-5-4-8-17-19(13)15-6-2-3-7-16(15)22(17)10-9-14-11-18(20)21-12-14;;/h2-9H,12H2,1H3,(H2,20,21);;/b14-9+;;. The zero-order chi connectivity index (χ0) is 16.8. The number of aryl methyl sites for hydroxylation is 1. The summed E-state index contributed by atoms with van der Waals surface area (Å²) >= 11 is 2.82. The molecular formula is C19H15N3W2. The number of rotatable bonds is 2. The zero-order valence-corrected chi connectivity index (χ0v) is 19.0. The van der Waals surface area contributed by atoms with Gasteiger partial charge in [-0.15, -0.1) is 0 Å². The Balaban J connectivity index is 1.96. The first-order chi connectivity index (χ1) is 11.6. The van der Waals surface area contributed by atoms with Crippen LogP contribution in [0.15, 0.2) is 59.1 Å². The van der Waals surface area contributed by atoms with E-state index in [4.69, 9.17) is 5.73 Å². The average molecular weight is 653 g/mol. The van der Waals surface area contributed by atoms with Crippen LogP contribution in [0.4, 0.5) is 0 Å². The number of hydrogen-bond donors (Lipinski definition) is 1. The van der Waals surface area contributed by atoms with E-state index in [1.807, 2.05) is 0 Å². The molecule has 0 amide bonds. The van der Waals surface area contributed by atoms with Gasteiger partial charge in [0.05, 0.1) is 0 Å². The van der Waals surface area contributed by atoms with E-state index in [9.17, 15) is 0 Å². The summed E-state index contributed by atoms with van der Waals surface area (Å²) in [5.41, 5.74) is 11.1. The third-order valence-corrected chi connectivity index (χ3v) is 7.14. The van der Waals surface area contributed by atoms with Crippen LogP contribution in [-0.2, 0) is 38.7 Å². The fraction of sp³-hybridized carbons (Fsp3) is 0.105. The van der Waals surface area contributed by atoms with Crippen molar-refractivity contribution < 1.29 is 38.7 Å². The molecule has 2 aromatic carbocycles. The summed E-state index contributed by atoms with van der Waals surface area (Å²) in [6.45, 7) is 2.89. The molecule has 0 fully saturated rings. The molecule has 3 nitrogen and oxygen atoms in total. The molecule has 1 aromatic heterocycles. The molecule has 1 aliphatic heterocycles. The first kappa shape index (κ1) is 16.1. The van der Waals surface area contributed by atoms with Gasteiger partial charge in [0.15, 0.2) is 0 Å². The Labute approximate surface area is 162 Å². The predicted molar refractivity (Wildman–Crippen MR) is 94.2 cm³/mol. The Morgan fingerprint density at radius 3 is 2.67 bits per heavy atom. The van der Waals surface area contributed by atoms with Crippen LogP contribution in [0.3, 0.4) is 0 Å². The van der Waals surface area contributed by atoms with Crippen molar-refractivity contribution in [3.8, 4) is 0 Å². The second kappa shape index (κ2) is 6.13. The van der Waals surface area contributed by atoms with Crippen molar-refractivity contribution in [2.45, 2.75) is 6.92 Å². The number of nitrogens with two attached hydrogens (primary N) is 1. The van der Waals surface area contributed by atoms with Gasteiger partial charge >= 0.3 is 163 Å². The molecule has 2 N–H and O–H groups in total. The van der Waals surface area contributed by atoms with E-state index in [0.717, 1.165) is 0 Å². The van der Waals surface area contributed by atoms with Crippen molar-refractivity contribution >= 4 is 35.6 Å². The summed E-state index contributed by atoms with van der Waals surface area (Å²) in [6, 6.07) is 15.2. The Morgan fingerprint density at radius 2 is 1.92 bits per heavy atom. The van der Waals surface area contributed by atoms with Gasteiger partial charge in [0.25, 0.3) is 0 Å². The normalized spacial score (nSPS) is 16.3. The third kappa shape index (κ3) is 2.46. The number of hydrogen-bond acceptors (Lipinski definition) is 2. The molecule has 0 bridgehead atoms. The van der Waals surface area contributed by atoms with Gasteiger partial charge in [0, 0.05) is 0 Å². The van der Waals surface area contributed by atoms with Crippen LogP contribution in [0.5, 0.6) is 0 Å². The number of amidine groups is 1. The van der Waals surface area contributed by atoms with E-state index in [-0.39, 0.29) is 0 Å². The van der Waals surface area contributed by atoms with Crippen LogP contribution in [-0.4, -0.2) is 24.9 Å². The Morgan fingerprint density at radius 1 is 1.17 bits per heavy atom. The van der Waals surface area contributed by atoms with E-state index in [1.165, 1.54) is 79.6 Å². The number of nitrogens with zero attached hydrogens (tertiary/aromatic N) is 2. The minimum atomic E-state index is 0.706. The van der Waals surface area contributed by atoms with Crippen LogP contribution in [0.2, 0.25) is 0 Å². The van der Waals surface area contributed by atoms with Crippen LogP contribution in [0, 0.1) is 6.92 Å². The molecule has 0 spiro atoms. The maximum absolute atomic E-state index is 5.95. The first-order valence-electron chi connectivity index (χ1n) is 7.66. The van der Waals surface area contributed by atoms with E-state index in [0.29, 0.717) is 12.4 Å². The van der Waals surface area contributed by atoms with Crippen LogP contribution in [0.25, 0.3) is 21.8 Å². The quantitative estimate of drug-likeness (QED) is 0.455. The second-order valence-corrected chi connectivity index (χ2v) is 8.83. The van der Waals surface area contributed by atoms with Crippen molar-refractivity contribution in [2.24, 2.45) is 10.7 Å². The van der Waals surface area contributed by atoms with Gasteiger partial charge in [-0.2, -0.15) is 0 Å². The van der Waals surface area contributed by atoms with Crippen molar-refractivity contribution in [1.82, 2.24) is 4.57 Å². The van der Waals surface area contributed by atoms with E-state index >= 15 is 0 Å². The van der Waals surface area contributed by atoms with Crippen molar-refractivity contribution in [3.05, 3.63) is 59.7 Å². The minimum absolute atomic E-state index is 0.706. The first-order valence-corrected chi connectivity index (χ1v) is 10.6. The number of fused-ring (bicyclic) bond motifs is 3. The molecule has 0 unspecified atom stereocenters. The van der Waals surface area contributed by atoms with Gasteiger partial charge in [-0.1, -0.05) is 0 Å². The van der Waals surface area contributed by atoms with Crippen LogP contribution in [0.1, 0.15) is 5.56 Å². The van der Waals surface area contributed by atoms with Crippen molar-refractivity contribution in [2.75, 3.05) is 6.54 Å². The van der Waals surface area contributed by atoms with Gasteiger partial charge in [0.2, 0.25) is 0 Å². The van der Waals surface area contributed by atoms with Gasteiger partial charge in [0.1, 0.15) is 0 Å². The topological polar surface area (TPSA) is 43.3 Å². The van der Waals surface area contributed by atoms with E-state index in [2.05, 4.69) is 65.0 Å². The van der Waals surface area contributed by atoms with Gasteiger partial charge in [-0.05, 0) is 0 Å². The summed E-state index contributed by atoms with van der Waals surface area (Å²) in [4.78, 5) is 4.37. The van der Waals surface area contributed by atoms with Crippen molar-refractivity contribution in [3.63, 3.8) is 0 Å². The molecular weight excluding hydrogens is 638 g/mol. The number of benzene rings is 2. The Bertz CT molecular complexity index is 1090. The number of para-hydroxylation sites is 1. The number of aliphatic imine (C=N–C) groups is 1. The summed E-state index contributed by atoms with van der Waals surface area (Å²) in [5, 5.41) is 2.66. The van der Waals surface area contributed by atoms with E-state index < -0.39 is 0 Å². The van der Waals surface area contributed by atoms with Gasteiger partial charge in [-0.3, -0.25) is 0 Å². The molecule has 118 valence electrons. The summed E-state index contributed by atoms with van der Waals surface area (Å²) in [5.74, 6) is 0.706. The molecule has 1 aliphatic rings. The summed E-state index contributed by atoms with van der Waals surface area (Å²) < 4.78 is 4.85. The second-order valence-electron chi connectivity index (χ2n) is 5.86. The average Bonchev–Trinajstić information content (AvgIpc) is 3.08. The maximum atomic E-state index is 5.95. The molecule has 4 rings (SSSR count). The molecule has 0 atom stereocenters. The van der Waals surface area contributed by atoms with Crippen molar-refractivity contribution in [1.29, 1.82) is 0 Å². The fourth-order valence-corrected chi connectivity index (χ4v) is 5.13. The summed E-state index contributed by atoms with van der Waals surface area (Å²) in [7, 11) is 0. The molecule has 3 aromatic rings. The molecule has 24 heavy (non-hydrogen) atoms. The molecule has 0 radical (unpaired) electrons. The zero-order valence-electron chi connectivity index (χ0n) is 13.1. The SMILES string of the molecule is Cc1cccc2c1c1ccccc1n2[C](=[W])/C=C1/CN=C(N)[C]1=[W]. The Hall–Kier alpha value is -1.43. The molecule has 2 heterocycles.